The van der Waals surface area contributed by atoms with E-state index >= 15 is 0 Å². The number of pyridine rings is 1. The van der Waals surface area contributed by atoms with Crippen LogP contribution in [0.5, 0.6) is 0 Å². The van der Waals surface area contributed by atoms with Crippen LogP contribution in [0.4, 0.5) is 0 Å². The molecule has 0 saturated carbocycles. The molecule has 0 unspecified atom stereocenters. The van der Waals surface area contributed by atoms with Gasteiger partial charge in [0.25, 0.3) is 0 Å². The number of tetrazole rings is 1. The number of nitrogens with zero attached hydrogens (tertiary/aromatic N) is 5. The Morgan fingerprint density at radius 3 is 3.00 bits per heavy atom. The summed E-state index contributed by atoms with van der Waals surface area (Å²) >= 11 is 1.09. The van der Waals surface area contributed by atoms with Crippen LogP contribution >= 0.6 is 11.8 Å². The van der Waals surface area contributed by atoms with E-state index < -0.39 is 5.97 Å². The predicted octanol–water partition coefficient (Wildman–Crippen LogP) is 1.45. The van der Waals surface area contributed by atoms with Gasteiger partial charge in [0.2, 0.25) is 5.16 Å². The number of aromatic nitrogens is 5. The molecule has 0 amide bonds. The van der Waals surface area contributed by atoms with E-state index in [1.54, 1.807) is 10.9 Å². The van der Waals surface area contributed by atoms with Crippen LogP contribution in [-0.4, -0.2) is 42.0 Å². The fourth-order valence-electron chi connectivity index (χ4n) is 1.98. The van der Waals surface area contributed by atoms with Gasteiger partial charge < -0.3 is 5.11 Å². The van der Waals surface area contributed by atoms with E-state index in [0.717, 1.165) is 28.2 Å². The number of para-hydroxylation sites is 1. The maximum Gasteiger partial charge on any atom is 0.313 e. The monoisotopic (exact) mass is 301 g/mol. The first-order chi connectivity index (χ1) is 10.2. The molecule has 0 saturated heterocycles. The second-order valence-electron chi connectivity index (χ2n) is 4.29. The van der Waals surface area contributed by atoms with E-state index in [9.17, 15) is 4.79 Å². The number of carbonyl (C=O) groups is 1. The molecule has 7 nitrogen and oxygen atoms in total. The van der Waals surface area contributed by atoms with Crippen molar-refractivity contribution in [1.29, 1.82) is 0 Å². The molecule has 2 heterocycles. The molecule has 2 aromatic heterocycles. The Hall–Kier alpha value is -2.48. The van der Waals surface area contributed by atoms with Crippen molar-refractivity contribution < 1.29 is 9.90 Å². The number of thioether (sulfide) groups is 1. The normalized spacial score (nSPS) is 10.9. The van der Waals surface area contributed by atoms with Gasteiger partial charge in [0.1, 0.15) is 0 Å². The van der Waals surface area contributed by atoms with Crippen LogP contribution in [0.25, 0.3) is 10.9 Å². The van der Waals surface area contributed by atoms with Gasteiger partial charge in [-0.3, -0.25) is 9.78 Å². The van der Waals surface area contributed by atoms with Crippen molar-refractivity contribution in [3.05, 3.63) is 42.1 Å². The van der Waals surface area contributed by atoms with Gasteiger partial charge >= 0.3 is 5.97 Å². The molecule has 0 fully saturated rings. The summed E-state index contributed by atoms with van der Waals surface area (Å²) in [5.41, 5.74) is 1.88. The number of benzene rings is 1. The van der Waals surface area contributed by atoms with Crippen LogP contribution < -0.4 is 0 Å². The van der Waals surface area contributed by atoms with Gasteiger partial charge in [-0.2, -0.15) is 0 Å². The largest absolute Gasteiger partial charge is 0.481 e. The van der Waals surface area contributed by atoms with Crippen molar-refractivity contribution >= 4 is 28.6 Å². The zero-order valence-corrected chi connectivity index (χ0v) is 11.7. The van der Waals surface area contributed by atoms with Crippen LogP contribution in [0.1, 0.15) is 5.56 Å². The summed E-state index contributed by atoms with van der Waals surface area (Å²) in [5.74, 6) is -0.977. The highest BCUT2D eigenvalue weighted by Crippen LogP contribution is 2.19. The average molecular weight is 301 g/mol. The summed E-state index contributed by atoms with van der Waals surface area (Å²) in [7, 11) is 0. The third-order valence-electron chi connectivity index (χ3n) is 2.86. The minimum atomic E-state index is -0.902. The van der Waals surface area contributed by atoms with Crippen molar-refractivity contribution in [3.63, 3.8) is 0 Å². The SMILES string of the molecule is O=C(O)CSc1nnnn1Cc1cccc2cccnc12. The zero-order chi connectivity index (χ0) is 14.7. The lowest BCUT2D eigenvalue weighted by Gasteiger charge is -2.06. The Bertz CT molecular complexity index is 784. The fraction of sp³-hybridized carbons (Fsp3) is 0.154. The number of aliphatic carboxylic acids is 1. The van der Waals surface area contributed by atoms with Crippen molar-refractivity contribution in [2.45, 2.75) is 11.7 Å². The highest BCUT2D eigenvalue weighted by Gasteiger charge is 2.11. The Morgan fingerprint density at radius 2 is 2.14 bits per heavy atom. The molecule has 8 heteroatoms. The van der Waals surface area contributed by atoms with Gasteiger partial charge in [-0.15, -0.1) is 5.10 Å². The Kier molecular flexibility index (Phi) is 3.78. The standard InChI is InChI=1S/C13H11N5O2S/c19-11(20)8-21-13-15-16-17-18(13)7-10-4-1-3-9-5-2-6-14-12(9)10/h1-6H,7-8H2,(H,19,20). The number of carboxylic acid groups (broad SMARTS) is 1. The van der Waals surface area contributed by atoms with Crippen LogP contribution in [0.15, 0.2) is 41.7 Å². The van der Waals surface area contributed by atoms with Crippen molar-refractivity contribution in [3.8, 4) is 0 Å². The molecular formula is C13H11N5O2S. The van der Waals surface area contributed by atoms with Crippen LogP contribution in [0, 0.1) is 0 Å². The first kappa shape index (κ1) is 13.5. The lowest BCUT2D eigenvalue weighted by atomic mass is 10.1. The number of carboxylic acids is 1. The lowest BCUT2D eigenvalue weighted by Crippen LogP contribution is -2.06. The third-order valence-corrected chi connectivity index (χ3v) is 3.80. The molecule has 0 bridgehead atoms. The number of hydrogen-bond donors (Lipinski definition) is 1. The smallest absolute Gasteiger partial charge is 0.313 e. The summed E-state index contributed by atoms with van der Waals surface area (Å²) in [6.45, 7) is 0.448. The highest BCUT2D eigenvalue weighted by atomic mass is 32.2. The molecule has 0 atom stereocenters. The molecular weight excluding hydrogens is 290 g/mol. The van der Waals surface area contributed by atoms with E-state index in [1.807, 2.05) is 30.3 Å². The first-order valence-electron chi connectivity index (χ1n) is 6.17. The molecule has 0 aliphatic carbocycles. The minimum absolute atomic E-state index is 0.0752. The van der Waals surface area contributed by atoms with Gasteiger partial charge in [-0.1, -0.05) is 36.0 Å². The molecule has 3 aromatic rings. The van der Waals surface area contributed by atoms with Gasteiger partial charge in [-0.25, -0.2) is 4.68 Å². The molecule has 1 N–H and O–H groups in total. The van der Waals surface area contributed by atoms with Crippen molar-refractivity contribution in [2.75, 3.05) is 5.75 Å². The summed E-state index contributed by atoms with van der Waals surface area (Å²) in [6.07, 6.45) is 1.74. The summed E-state index contributed by atoms with van der Waals surface area (Å²) in [4.78, 5) is 15.0. The van der Waals surface area contributed by atoms with E-state index in [0.29, 0.717) is 11.7 Å². The lowest BCUT2D eigenvalue weighted by molar-refractivity contribution is -0.133. The van der Waals surface area contributed by atoms with E-state index in [4.69, 9.17) is 5.11 Å². The van der Waals surface area contributed by atoms with Crippen molar-refractivity contribution in [2.24, 2.45) is 0 Å². The van der Waals surface area contributed by atoms with Crippen LogP contribution in [0.3, 0.4) is 0 Å². The molecule has 106 valence electrons. The summed E-state index contributed by atoms with van der Waals surface area (Å²) in [5, 5.41) is 21.6. The maximum absolute atomic E-state index is 10.6. The Morgan fingerprint density at radius 1 is 1.29 bits per heavy atom. The molecule has 3 rings (SSSR count). The Labute approximate surface area is 124 Å². The van der Waals surface area contributed by atoms with Gasteiger partial charge in [-0.05, 0) is 22.1 Å². The summed E-state index contributed by atoms with van der Waals surface area (Å²) < 4.78 is 1.58. The molecule has 1 aromatic carbocycles. The molecule has 0 aliphatic rings. The number of rotatable bonds is 5. The molecule has 0 spiro atoms. The second kappa shape index (κ2) is 5.88. The topological polar surface area (TPSA) is 93.8 Å². The minimum Gasteiger partial charge on any atom is -0.481 e. The van der Waals surface area contributed by atoms with E-state index in [2.05, 4.69) is 20.5 Å². The quantitative estimate of drug-likeness (QED) is 0.713. The third kappa shape index (κ3) is 3.00. The van der Waals surface area contributed by atoms with Gasteiger partial charge in [0, 0.05) is 11.6 Å². The number of hydrogen-bond acceptors (Lipinski definition) is 6. The first-order valence-corrected chi connectivity index (χ1v) is 7.16. The average Bonchev–Trinajstić information content (AvgIpc) is 2.93. The van der Waals surface area contributed by atoms with E-state index in [-0.39, 0.29) is 5.75 Å². The molecule has 0 aliphatic heterocycles. The van der Waals surface area contributed by atoms with Gasteiger partial charge in [0.15, 0.2) is 0 Å². The van der Waals surface area contributed by atoms with Crippen LogP contribution in [-0.2, 0) is 11.3 Å². The fourth-order valence-corrected chi connectivity index (χ4v) is 2.58. The van der Waals surface area contributed by atoms with Gasteiger partial charge in [0.05, 0.1) is 17.8 Å². The van der Waals surface area contributed by atoms with Crippen molar-refractivity contribution in [1.82, 2.24) is 25.2 Å². The van der Waals surface area contributed by atoms with E-state index in [1.165, 1.54) is 0 Å². The Balaban J connectivity index is 1.89. The summed E-state index contributed by atoms with van der Waals surface area (Å²) in [6, 6.07) is 9.78. The zero-order valence-electron chi connectivity index (χ0n) is 10.9. The van der Waals surface area contributed by atoms with Crippen LogP contribution in [0.2, 0.25) is 0 Å². The second-order valence-corrected chi connectivity index (χ2v) is 5.24. The number of fused-ring (bicyclic) bond motifs is 1. The maximum atomic E-state index is 10.6. The predicted molar refractivity (Wildman–Crippen MR) is 77.0 cm³/mol. The highest BCUT2D eigenvalue weighted by molar-refractivity contribution is 7.99. The molecule has 0 radical (unpaired) electrons. The molecule has 21 heavy (non-hydrogen) atoms.